The molecule has 23 heavy (non-hydrogen) atoms. The Morgan fingerprint density at radius 1 is 1.17 bits per heavy atom. The maximum absolute atomic E-state index is 12.0. The number of nitrogens with one attached hydrogen (secondary N) is 1. The van der Waals surface area contributed by atoms with E-state index in [0.29, 0.717) is 17.7 Å². The SMILES string of the molecule is COC(=O)c1ccc(NC(=O)[C@@H](N)Cc2ccncc2)cc1.Cl. The lowest BCUT2D eigenvalue weighted by molar-refractivity contribution is -0.117. The molecule has 0 saturated heterocycles. The van der Waals surface area contributed by atoms with E-state index in [9.17, 15) is 9.59 Å². The summed E-state index contributed by atoms with van der Waals surface area (Å²) < 4.78 is 4.61. The highest BCUT2D eigenvalue weighted by Gasteiger charge is 2.14. The Morgan fingerprint density at radius 3 is 2.35 bits per heavy atom. The number of carbonyl (C=O) groups is 2. The van der Waals surface area contributed by atoms with Crippen molar-refractivity contribution in [2.75, 3.05) is 12.4 Å². The number of esters is 1. The second kappa shape index (κ2) is 8.87. The lowest BCUT2D eigenvalue weighted by atomic mass is 10.1. The summed E-state index contributed by atoms with van der Waals surface area (Å²) in [6.45, 7) is 0. The lowest BCUT2D eigenvalue weighted by Crippen LogP contribution is -2.37. The number of anilines is 1. The largest absolute Gasteiger partial charge is 0.465 e. The van der Waals surface area contributed by atoms with Crippen LogP contribution in [0.15, 0.2) is 48.8 Å². The number of carbonyl (C=O) groups excluding carboxylic acids is 2. The van der Waals surface area contributed by atoms with Gasteiger partial charge < -0.3 is 15.8 Å². The fourth-order valence-corrected chi connectivity index (χ4v) is 1.91. The van der Waals surface area contributed by atoms with E-state index in [1.807, 2.05) is 12.1 Å². The van der Waals surface area contributed by atoms with Crippen LogP contribution in [0.25, 0.3) is 0 Å². The van der Waals surface area contributed by atoms with Gasteiger partial charge in [-0.05, 0) is 48.4 Å². The highest BCUT2D eigenvalue weighted by atomic mass is 35.5. The van der Waals surface area contributed by atoms with E-state index < -0.39 is 12.0 Å². The molecular formula is C16H18ClN3O3. The third-order valence-electron chi connectivity index (χ3n) is 3.12. The Balaban J connectivity index is 0.00000264. The van der Waals surface area contributed by atoms with Crippen LogP contribution in [0, 0.1) is 0 Å². The molecular weight excluding hydrogens is 318 g/mol. The molecule has 7 heteroatoms. The molecule has 2 rings (SSSR count). The number of methoxy groups -OCH3 is 1. The van der Waals surface area contributed by atoms with E-state index in [0.717, 1.165) is 5.56 Å². The predicted octanol–water partition coefficient (Wildman–Crippen LogP) is 1.80. The smallest absolute Gasteiger partial charge is 0.337 e. The summed E-state index contributed by atoms with van der Waals surface area (Å²) in [6, 6.07) is 9.39. The van der Waals surface area contributed by atoms with E-state index in [1.165, 1.54) is 7.11 Å². The van der Waals surface area contributed by atoms with E-state index in [2.05, 4.69) is 15.0 Å². The average Bonchev–Trinajstić information content (AvgIpc) is 2.55. The Kier molecular flexibility index (Phi) is 7.18. The van der Waals surface area contributed by atoms with Gasteiger partial charge in [0.1, 0.15) is 0 Å². The molecule has 2 aromatic rings. The monoisotopic (exact) mass is 335 g/mol. The number of hydrogen-bond donors (Lipinski definition) is 2. The molecule has 0 bridgehead atoms. The minimum atomic E-state index is -0.664. The number of halogens is 1. The number of benzene rings is 1. The first kappa shape index (κ1) is 18.6. The molecule has 0 radical (unpaired) electrons. The van der Waals surface area contributed by atoms with Gasteiger partial charge in [0.25, 0.3) is 0 Å². The summed E-state index contributed by atoms with van der Waals surface area (Å²) in [5.41, 5.74) is 7.82. The van der Waals surface area contributed by atoms with E-state index in [4.69, 9.17) is 5.73 Å². The molecule has 6 nitrogen and oxygen atoms in total. The zero-order valence-electron chi connectivity index (χ0n) is 12.6. The topological polar surface area (TPSA) is 94.3 Å². The van der Waals surface area contributed by atoms with Gasteiger partial charge in [0.15, 0.2) is 0 Å². The van der Waals surface area contributed by atoms with Gasteiger partial charge in [0.05, 0.1) is 18.7 Å². The minimum Gasteiger partial charge on any atom is -0.465 e. The molecule has 0 aliphatic heterocycles. The fraction of sp³-hybridized carbons (Fsp3) is 0.188. The zero-order chi connectivity index (χ0) is 15.9. The Morgan fingerprint density at radius 2 is 1.78 bits per heavy atom. The van der Waals surface area contributed by atoms with Crippen molar-refractivity contribution >= 4 is 30.0 Å². The summed E-state index contributed by atoms with van der Waals surface area (Å²) in [4.78, 5) is 27.3. The van der Waals surface area contributed by atoms with Crippen molar-refractivity contribution in [3.05, 3.63) is 59.9 Å². The predicted molar refractivity (Wildman–Crippen MR) is 89.6 cm³/mol. The van der Waals surface area contributed by atoms with Crippen LogP contribution in [0.5, 0.6) is 0 Å². The Bertz CT molecular complexity index is 647. The number of ether oxygens (including phenoxy) is 1. The molecule has 0 spiro atoms. The van der Waals surface area contributed by atoms with Gasteiger partial charge in [-0.2, -0.15) is 0 Å². The van der Waals surface area contributed by atoms with Gasteiger partial charge in [0.2, 0.25) is 5.91 Å². The minimum absolute atomic E-state index is 0. The van der Waals surface area contributed by atoms with Crippen molar-refractivity contribution in [3.63, 3.8) is 0 Å². The number of rotatable bonds is 5. The summed E-state index contributed by atoms with van der Waals surface area (Å²) in [5.74, 6) is -0.713. The molecule has 0 aliphatic rings. The molecule has 0 saturated carbocycles. The maximum atomic E-state index is 12.0. The van der Waals surface area contributed by atoms with Crippen molar-refractivity contribution in [2.45, 2.75) is 12.5 Å². The third kappa shape index (κ3) is 5.36. The van der Waals surface area contributed by atoms with Crippen LogP contribution in [0.2, 0.25) is 0 Å². The first-order valence-corrected chi connectivity index (χ1v) is 6.74. The third-order valence-corrected chi connectivity index (χ3v) is 3.12. The highest BCUT2D eigenvalue weighted by molar-refractivity contribution is 5.95. The summed E-state index contributed by atoms with van der Waals surface area (Å²) >= 11 is 0. The number of nitrogens with two attached hydrogens (primary N) is 1. The van der Waals surface area contributed by atoms with Crippen molar-refractivity contribution < 1.29 is 14.3 Å². The van der Waals surface area contributed by atoms with Gasteiger partial charge in [-0.1, -0.05) is 0 Å². The molecule has 1 atom stereocenters. The van der Waals surface area contributed by atoms with E-state index in [1.54, 1.807) is 36.7 Å². The molecule has 1 aromatic carbocycles. The number of aromatic nitrogens is 1. The van der Waals surface area contributed by atoms with Crippen LogP contribution < -0.4 is 11.1 Å². The van der Waals surface area contributed by atoms with Gasteiger partial charge in [-0.15, -0.1) is 12.4 Å². The maximum Gasteiger partial charge on any atom is 0.337 e. The van der Waals surface area contributed by atoms with Crippen molar-refractivity contribution in [1.82, 2.24) is 4.98 Å². The number of pyridine rings is 1. The highest BCUT2D eigenvalue weighted by Crippen LogP contribution is 2.11. The summed E-state index contributed by atoms with van der Waals surface area (Å²) in [5, 5.41) is 2.71. The van der Waals surface area contributed by atoms with Crippen LogP contribution in [-0.4, -0.2) is 30.0 Å². The van der Waals surface area contributed by atoms with Crippen LogP contribution in [0.3, 0.4) is 0 Å². The Labute approximate surface area is 140 Å². The lowest BCUT2D eigenvalue weighted by Gasteiger charge is -2.12. The second-order valence-corrected chi connectivity index (χ2v) is 4.72. The van der Waals surface area contributed by atoms with Crippen molar-refractivity contribution in [3.8, 4) is 0 Å². The first-order chi connectivity index (χ1) is 10.6. The molecule has 1 amide bonds. The van der Waals surface area contributed by atoms with Crippen LogP contribution >= 0.6 is 12.4 Å². The van der Waals surface area contributed by atoms with E-state index >= 15 is 0 Å². The fourth-order valence-electron chi connectivity index (χ4n) is 1.91. The van der Waals surface area contributed by atoms with Gasteiger partial charge in [-0.3, -0.25) is 9.78 Å². The van der Waals surface area contributed by atoms with Crippen LogP contribution in [-0.2, 0) is 16.0 Å². The van der Waals surface area contributed by atoms with Gasteiger partial charge >= 0.3 is 5.97 Å². The summed E-state index contributed by atoms with van der Waals surface area (Å²) in [7, 11) is 1.32. The molecule has 0 fully saturated rings. The quantitative estimate of drug-likeness (QED) is 0.812. The average molecular weight is 336 g/mol. The molecule has 1 heterocycles. The number of hydrogen-bond acceptors (Lipinski definition) is 5. The van der Waals surface area contributed by atoms with Crippen LogP contribution in [0.4, 0.5) is 5.69 Å². The Hall–Kier alpha value is -2.44. The van der Waals surface area contributed by atoms with Crippen LogP contribution in [0.1, 0.15) is 15.9 Å². The second-order valence-electron chi connectivity index (χ2n) is 4.72. The zero-order valence-corrected chi connectivity index (χ0v) is 13.4. The van der Waals surface area contributed by atoms with E-state index in [-0.39, 0.29) is 18.3 Å². The first-order valence-electron chi connectivity index (χ1n) is 6.74. The summed E-state index contributed by atoms with van der Waals surface area (Å²) in [6.07, 6.45) is 3.74. The number of nitrogens with zero attached hydrogens (tertiary/aromatic N) is 1. The van der Waals surface area contributed by atoms with Gasteiger partial charge in [-0.25, -0.2) is 4.79 Å². The standard InChI is InChI=1S/C16H17N3O3.ClH/c1-22-16(21)12-2-4-13(5-3-12)19-15(20)14(17)10-11-6-8-18-9-7-11;/h2-9,14H,10,17H2,1H3,(H,19,20);1H/t14-;/m0./s1. The molecule has 122 valence electrons. The normalized spacial score (nSPS) is 11.0. The van der Waals surface area contributed by atoms with Crippen molar-refractivity contribution in [2.24, 2.45) is 5.73 Å². The molecule has 3 N–H and O–H groups in total. The molecule has 0 aliphatic carbocycles. The number of amides is 1. The molecule has 1 aromatic heterocycles. The van der Waals surface area contributed by atoms with Gasteiger partial charge in [0, 0.05) is 18.1 Å². The van der Waals surface area contributed by atoms with Crippen molar-refractivity contribution in [1.29, 1.82) is 0 Å². The molecule has 0 unspecified atom stereocenters.